The Morgan fingerprint density at radius 1 is 1.52 bits per heavy atom. The number of nitrogens with zero attached hydrogens (tertiary/aromatic N) is 2. The van der Waals surface area contributed by atoms with Crippen LogP contribution >= 0.6 is 34.3 Å². The third kappa shape index (κ3) is 3.88. The Balaban J connectivity index is 1.97. The molecule has 2 heterocycles. The van der Waals surface area contributed by atoms with Gasteiger partial charge in [-0.05, 0) is 19.1 Å². The summed E-state index contributed by atoms with van der Waals surface area (Å²) in [4.78, 5) is 28.1. The van der Waals surface area contributed by atoms with E-state index < -0.39 is 24.3 Å². The maximum atomic E-state index is 12.0. The molecule has 0 N–H and O–H groups in total. The van der Waals surface area contributed by atoms with Crippen LogP contribution in [0.4, 0.5) is 0 Å². The van der Waals surface area contributed by atoms with Crippen LogP contribution in [0.5, 0.6) is 0 Å². The fourth-order valence-corrected chi connectivity index (χ4v) is 3.28. The molecule has 0 aliphatic rings. The fourth-order valence-electron chi connectivity index (χ4n) is 1.48. The van der Waals surface area contributed by atoms with Gasteiger partial charge in [0, 0.05) is 11.1 Å². The summed E-state index contributed by atoms with van der Waals surface area (Å²) in [5.41, 5.74) is 0.744. The van der Waals surface area contributed by atoms with E-state index in [4.69, 9.17) is 21.6 Å². The third-order valence-corrected chi connectivity index (χ3v) is 4.69. The predicted molar refractivity (Wildman–Crippen MR) is 79.8 cm³/mol. The lowest BCUT2D eigenvalue weighted by atomic mass is 10.1. The van der Waals surface area contributed by atoms with Gasteiger partial charge in [0.25, 0.3) is 0 Å². The zero-order valence-corrected chi connectivity index (χ0v) is 13.2. The molecule has 108 valence electrons. The van der Waals surface area contributed by atoms with Crippen molar-refractivity contribution in [2.24, 2.45) is 0 Å². The molecule has 0 amide bonds. The summed E-state index contributed by atoms with van der Waals surface area (Å²) in [6, 6.07) is 4.98. The molecule has 0 saturated heterocycles. The van der Waals surface area contributed by atoms with Gasteiger partial charge in [-0.15, -0.1) is 22.7 Å². The maximum absolute atomic E-state index is 12.0. The number of hydrogen-bond acceptors (Lipinski definition) is 7. The van der Waals surface area contributed by atoms with E-state index in [1.54, 1.807) is 18.4 Å². The van der Waals surface area contributed by atoms with Gasteiger partial charge in [0.2, 0.25) is 0 Å². The number of rotatable bonds is 5. The molecule has 1 atom stereocenters. The normalized spacial score (nSPS) is 11.7. The summed E-state index contributed by atoms with van der Waals surface area (Å²) in [5, 5.41) is 11.3. The first-order chi connectivity index (χ1) is 10.0. The number of hydrogen-bond donors (Lipinski definition) is 0. The second kappa shape index (κ2) is 6.80. The van der Waals surface area contributed by atoms with Crippen molar-refractivity contribution in [3.05, 3.63) is 37.4 Å². The molecule has 2 aromatic heterocycles. The molecular formula is C13H9ClN2O3S2. The number of nitriles is 1. The Hall–Kier alpha value is -1.75. The smallest absolute Gasteiger partial charge is 0.348 e. The lowest BCUT2D eigenvalue weighted by Gasteiger charge is -2.05. The number of ether oxygens (including phenoxy) is 1. The molecule has 5 nitrogen and oxygen atoms in total. The number of carbonyl (C=O) groups is 2. The van der Waals surface area contributed by atoms with E-state index in [1.807, 2.05) is 6.07 Å². The first kappa shape index (κ1) is 15.6. The average Bonchev–Trinajstić information content (AvgIpc) is 3.06. The van der Waals surface area contributed by atoms with Gasteiger partial charge in [0.1, 0.15) is 9.88 Å². The molecule has 0 radical (unpaired) electrons. The van der Waals surface area contributed by atoms with Crippen molar-refractivity contribution in [3.63, 3.8) is 0 Å². The zero-order chi connectivity index (χ0) is 15.4. The van der Waals surface area contributed by atoms with E-state index in [0.29, 0.717) is 14.2 Å². The van der Waals surface area contributed by atoms with Gasteiger partial charge in [-0.1, -0.05) is 11.6 Å². The molecule has 8 heteroatoms. The van der Waals surface area contributed by atoms with Crippen LogP contribution < -0.4 is 0 Å². The minimum atomic E-state index is -1.01. The number of Topliss-reactive ketones (excluding diaryl/α,β-unsaturated/α-hetero) is 1. The summed E-state index contributed by atoms with van der Waals surface area (Å²) in [7, 11) is 0. The van der Waals surface area contributed by atoms with Crippen LogP contribution in [-0.4, -0.2) is 23.3 Å². The molecule has 1 unspecified atom stereocenters. The Morgan fingerprint density at radius 2 is 2.29 bits per heavy atom. The highest BCUT2D eigenvalue weighted by Crippen LogP contribution is 2.23. The van der Waals surface area contributed by atoms with Gasteiger partial charge in [-0.3, -0.25) is 4.79 Å². The van der Waals surface area contributed by atoms with Crippen LogP contribution in [0.25, 0.3) is 0 Å². The molecule has 2 rings (SSSR count). The van der Waals surface area contributed by atoms with E-state index in [9.17, 15) is 9.59 Å². The summed E-state index contributed by atoms with van der Waals surface area (Å²) in [6.45, 7) is 1.31. The van der Waals surface area contributed by atoms with E-state index in [2.05, 4.69) is 4.98 Å². The molecule has 0 bridgehead atoms. The molecule has 0 aliphatic heterocycles. The van der Waals surface area contributed by atoms with Crippen LogP contribution in [0.3, 0.4) is 0 Å². The van der Waals surface area contributed by atoms with E-state index in [0.717, 1.165) is 17.0 Å². The molecular weight excluding hydrogens is 332 g/mol. The maximum Gasteiger partial charge on any atom is 0.348 e. The lowest BCUT2D eigenvalue weighted by Crippen LogP contribution is -2.19. The van der Waals surface area contributed by atoms with Crippen molar-refractivity contribution in [2.45, 2.75) is 12.8 Å². The highest BCUT2D eigenvalue weighted by atomic mass is 35.5. The summed E-state index contributed by atoms with van der Waals surface area (Å²) in [5.74, 6) is -2.14. The quantitative estimate of drug-likeness (QED) is 0.781. The SMILES string of the molecule is Cc1csc(C(C#N)C(=O)COC(=O)c2ccc(Cl)s2)n1. The Kier molecular flexibility index (Phi) is 5.07. The molecule has 0 aromatic carbocycles. The number of carbonyl (C=O) groups excluding carboxylic acids is 2. The number of thiophene rings is 1. The largest absolute Gasteiger partial charge is 0.453 e. The first-order valence-electron chi connectivity index (χ1n) is 5.78. The predicted octanol–water partition coefficient (Wildman–Crippen LogP) is 3.20. The third-order valence-electron chi connectivity index (χ3n) is 2.45. The van der Waals surface area contributed by atoms with Crippen molar-refractivity contribution in [1.82, 2.24) is 4.98 Å². The fraction of sp³-hybridized carbons (Fsp3) is 0.231. The number of esters is 1. The molecule has 0 saturated carbocycles. The molecule has 21 heavy (non-hydrogen) atoms. The minimum absolute atomic E-state index is 0.311. The van der Waals surface area contributed by atoms with Crippen molar-refractivity contribution in [1.29, 1.82) is 5.26 Å². The van der Waals surface area contributed by atoms with Crippen LogP contribution in [0.15, 0.2) is 17.5 Å². The van der Waals surface area contributed by atoms with Crippen LogP contribution in [0.2, 0.25) is 4.34 Å². The number of thiazole rings is 1. The average molecular weight is 341 g/mol. The monoisotopic (exact) mass is 340 g/mol. The van der Waals surface area contributed by atoms with Gasteiger partial charge >= 0.3 is 5.97 Å². The molecule has 0 fully saturated rings. The minimum Gasteiger partial charge on any atom is -0.453 e. The van der Waals surface area contributed by atoms with Crippen LogP contribution in [0, 0.1) is 18.3 Å². The zero-order valence-electron chi connectivity index (χ0n) is 10.8. The van der Waals surface area contributed by atoms with Crippen molar-refractivity contribution in [3.8, 4) is 6.07 Å². The molecule has 2 aromatic rings. The molecule has 0 aliphatic carbocycles. The first-order valence-corrected chi connectivity index (χ1v) is 7.85. The highest BCUT2D eigenvalue weighted by Gasteiger charge is 2.24. The number of halogens is 1. The number of aromatic nitrogens is 1. The van der Waals surface area contributed by atoms with E-state index in [-0.39, 0.29) is 0 Å². The van der Waals surface area contributed by atoms with Crippen LogP contribution in [0.1, 0.15) is 26.3 Å². The highest BCUT2D eigenvalue weighted by molar-refractivity contribution is 7.17. The Morgan fingerprint density at radius 3 is 2.81 bits per heavy atom. The number of aryl methyl sites for hydroxylation is 1. The van der Waals surface area contributed by atoms with Gasteiger partial charge < -0.3 is 4.74 Å². The van der Waals surface area contributed by atoms with Gasteiger partial charge in [0.15, 0.2) is 18.3 Å². The van der Waals surface area contributed by atoms with Gasteiger partial charge in [0.05, 0.1) is 10.4 Å². The second-order valence-corrected chi connectivity index (χ2v) is 6.64. The summed E-state index contributed by atoms with van der Waals surface area (Å²) in [6.07, 6.45) is 0. The standard InChI is InChI=1S/C13H9ClN2O3S2/c1-7-6-20-12(16-7)8(4-15)9(17)5-19-13(18)10-2-3-11(14)21-10/h2-3,6,8H,5H2,1H3. The lowest BCUT2D eigenvalue weighted by molar-refractivity contribution is -0.122. The second-order valence-electron chi connectivity index (χ2n) is 4.04. The van der Waals surface area contributed by atoms with Crippen molar-refractivity contribution < 1.29 is 14.3 Å². The Labute approximate surface area is 133 Å². The molecule has 0 spiro atoms. The Bertz CT molecular complexity index is 717. The van der Waals surface area contributed by atoms with Crippen molar-refractivity contribution >= 4 is 46.0 Å². The van der Waals surface area contributed by atoms with Crippen molar-refractivity contribution in [2.75, 3.05) is 6.61 Å². The summed E-state index contributed by atoms with van der Waals surface area (Å²) >= 11 is 8.02. The summed E-state index contributed by atoms with van der Waals surface area (Å²) < 4.78 is 5.36. The van der Waals surface area contributed by atoms with Gasteiger partial charge in [-0.2, -0.15) is 5.26 Å². The van der Waals surface area contributed by atoms with Gasteiger partial charge in [-0.25, -0.2) is 9.78 Å². The van der Waals surface area contributed by atoms with E-state index >= 15 is 0 Å². The topological polar surface area (TPSA) is 80.0 Å². The number of ketones is 1. The van der Waals surface area contributed by atoms with E-state index in [1.165, 1.54) is 17.4 Å². The van der Waals surface area contributed by atoms with Crippen LogP contribution in [-0.2, 0) is 9.53 Å².